The summed E-state index contributed by atoms with van der Waals surface area (Å²) >= 11 is 0. The van der Waals surface area contributed by atoms with Crippen LogP contribution in [-0.2, 0) is 29.1 Å². The normalized spacial score (nSPS) is 19.7. The summed E-state index contributed by atoms with van der Waals surface area (Å²) in [6, 6.07) is 5.96. The fourth-order valence-electron chi connectivity index (χ4n) is 4.03. The molecule has 2 aromatic rings. The molecule has 7 heteroatoms. The molecule has 4 rings (SSSR count). The third kappa shape index (κ3) is 5.23. The van der Waals surface area contributed by atoms with E-state index in [0.717, 1.165) is 64.1 Å². The second-order valence-electron chi connectivity index (χ2n) is 7.88. The van der Waals surface area contributed by atoms with E-state index in [2.05, 4.69) is 26.0 Å². The quantitative estimate of drug-likeness (QED) is 0.727. The number of rotatable bonds is 7. The molecule has 2 aliphatic rings. The first-order valence-corrected chi connectivity index (χ1v) is 10.6. The number of carbonyl (C=O) groups is 1. The SMILES string of the molecule is Cc1nccn1CCCN1CCc2ccc(C(=O)NOC3CCCCO3)cc2C1. The van der Waals surface area contributed by atoms with Crippen LogP contribution in [0.25, 0.3) is 0 Å². The zero-order chi connectivity index (χ0) is 20.1. The minimum atomic E-state index is -0.333. The predicted molar refractivity (Wildman–Crippen MR) is 109 cm³/mol. The van der Waals surface area contributed by atoms with Gasteiger partial charge in [-0.1, -0.05) is 6.07 Å². The van der Waals surface area contributed by atoms with Gasteiger partial charge in [-0.15, -0.1) is 0 Å². The maximum atomic E-state index is 12.5. The summed E-state index contributed by atoms with van der Waals surface area (Å²) in [6.07, 6.45) is 8.59. The third-order valence-electron chi connectivity index (χ3n) is 5.78. The summed E-state index contributed by atoms with van der Waals surface area (Å²) < 4.78 is 7.68. The van der Waals surface area contributed by atoms with Gasteiger partial charge in [0.15, 0.2) is 6.29 Å². The minimum absolute atomic E-state index is 0.213. The molecule has 1 saturated heterocycles. The number of amides is 1. The molecular formula is C22H30N4O3. The molecule has 1 aromatic heterocycles. The van der Waals surface area contributed by atoms with E-state index < -0.39 is 0 Å². The van der Waals surface area contributed by atoms with Crippen molar-refractivity contribution in [3.05, 3.63) is 53.1 Å². The Balaban J connectivity index is 1.29. The molecule has 0 bridgehead atoms. The van der Waals surface area contributed by atoms with Crippen LogP contribution in [0, 0.1) is 6.92 Å². The Morgan fingerprint density at radius 3 is 3.03 bits per heavy atom. The number of benzene rings is 1. The van der Waals surface area contributed by atoms with Gasteiger partial charge in [-0.3, -0.25) is 9.69 Å². The number of hydrogen-bond donors (Lipinski definition) is 1. The maximum Gasteiger partial charge on any atom is 0.274 e. The molecular weight excluding hydrogens is 368 g/mol. The largest absolute Gasteiger partial charge is 0.350 e. The van der Waals surface area contributed by atoms with Crippen LogP contribution in [0.15, 0.2) is 30.6 Å². The smallest absolute Gasteiger partial charge is 0.274 e. The highest BCUT2D eigenvalue weighted by atomic mass is 16.8. The Kier molecular flexibility index (Phi) is 6.59. The fourth-order valence-corrected chi connectivity index (χ4v) is 4.03. The van der Waals surface area contributed by atoms with Crippen molar-refractivity contribution in [3.8, 4) is 0 Å². The summed E-state index contributed by atoms with van der Waals surface area (Å²) in [4.78, 5) is 24.6. The van der Waals surface area contributed by atoms with E-state index in [9.17, 15) is 4.79 Å². The predicted octanol–water partition coefficient (Wildman–Crippen LogP) is 2.83. The van der Waals surface area contributed by atoms with Crippen LogP contribution in [0.2, 0.25) is 0 Å². The molecule has 1 N–H and O–H groups in total. The second kappa shape index (κ2) is 9.52. The molecule has 1 fully saturated rings. The second-order valence-corrected chi connectivity index (χ2v) is 7.88. The first kappa shape index (κ1) is 20.1. The van der Waals surface area contributed by atoms with E-state index in [-0.39, 0.29) is 12.2 Å². The van der Waals surface area contributed by atoms with Gasteiger partial charge in [-0.25, -0.2) is 15.3 Å². The van der Waals surface area contributed by atoms with Crippen LogP contribution in [-0.4, -0.2) is 46.3 Å². The van der Waals surface area contributed by atoms with Crippen molar-refractivity contribution < 1.29 is 14.4 Å². The lowest BCUT2D eigenvalue weighted by Crippen LogP contribution is -2.34. The maximum absolute atomic E-state index is 12.5. The van der Waals surface area contributed by atoms with Crippen LogP contribution >= 0.6 is 0 Å². The fraction of sp³-hybridized carbons (Fsp3) is 0.545. The lowest BCUT2D eigenvalue weighted by Gasteiger charge is -2.29. The van der Waals surface area contributed by atoms with Gasteiger partial charge in [0, 0.05) is 57.2 Å². The van der Waals surface area contributed by atoms with Crippen molar-refractivity contribution in [2.45, 2.75) is 58.4 Å². The average Bonchev–Trinajstić information content (AvgIpc) is 3.17. The highest BCUT2D eigenvalue weighted by molar-refractivity contribution is 5.93. The lowest BCUT2D eigenvalue weighted by molar-refractivity contribution is -0.186. The first-order chi connectivity index (χ1) is 14.2. The molecule has 0 aliphatic carbocycles. The molecule has 1 unspecified atom stereocenters. The summed E-state index contributed by atoms with van der Waals surface area (Å²) in [5.74, 6) is 0.847. The Bertz CT molecular complexity index is 829. The van der Waals surface area contributed by atoms with Gasteiger partial charge >= 0.3 is 0 Å². The van der Waals surface area contributed by atoms with E-state index in [1.54, 1.807) is 0 Å². The standard InChI is InChI=1S/C22H30N4O3/c1-17-23-9-13-26(17)11-4-10-25-12-8-18-6-7-19(15-20(18)16-25)22(27)24-29-21-5-2-3-14-28-21/h6-7,9,13,15,21H,2-5,8,10-12,14,16H2,1H3,(H,24,27). The lowest BCUT2D eigenvalue weighted by atomic mass is 9.97. The van der Waals surface area contributed by atoms with Gasteiger partial charge in [0.1, 0.15) is 5.82 Å². The molecule has 1 aromatic carbocycles. The first-order valence-electron chi connectivity index (χ1n) is 10.6. The third-order valence-corrected chi connectivity index (χ3v) is 5.78. The number of fused-ring (bicyclic) bond motifs is 1. The zero-order valence-electron chi connectivity index (χ0n) is 17.1. The highest BCUT2D eigenvalue weighted by Crippen LogP contribution is 2.21. The van der Waals surface area contributed by atoms with Crippen LogP contribution in [0.3, 0.4) is 0 Å². The Hall–Kier alpha value is -2.22. The van der Waals surface area contributed by atoms with Gasteiger partial charge in [0.25, 0.3) is 5.91 Å². The van der Waals surface area contributed by atoms with Crippen molar-refractivity contribution in [1.82, 2.24) is 19.9 Å². The van der Waals surface area contributed by atoms with E-state index in [1.165, 1.54) is 11.1 Å². The van der Waals surface area contributed by atoms with Crippen LogP contribution in [0.5, 0.6) is 0 Å². The van der Waals surface area contributed by atoms with Gasteiger partial charge in [-0.2, -0.15) is 0 Å². The van der Waals surface area contributed by atoms with Crippen molar-refractivity contribution in [1.29, 1.82) is 0 Å². The number of hydrogen-bond acceptors (Lipinski definition) is 5. The number of aryl methyl sites for hydroxylation is 2. The minimum Gasteiger partial charge on any atom is -0.350 e. The highest BCUT2D eigenvalue weighted by Gasteiger charge is 2.19. The van der Waals surface area contributed by atoms with Gasteiger partial charge < -0.3 is 9.30 Å². The monoisotopic (exact) mass is 398 g/mol. The Labute approximate surface area is 172 Å². The average molecular weight is 399 g/mol. The van der Waals surface area contributed by atoms with Crippen molar-refractivity contribution in [2.24, 2.45) is 0 Å². The molecule has 0 saturated carbocycles. The molecule has 156 valence electrons. The number of nitrogens with one attached hydrogen (secondary N) is 1. The number of hydroxylamine groups is 1. The van der Waals surface area contributed by atoms with Gasteiger partial charge in [-0.05, 0) is 55.9 Å². The summed E-state index contributed by atoms with van der Waals surface area (Å²) in [7, 11) is 0. The summed E-state index contributed by atoms with van der Waals surface area (Å²) in [6.45, 7) is 6.69. The molecule has 29 heavy (non-hydrogen) atoms. The van der Waals surface area contributed by atoms with Gasteiger partial charge in [0.2, 0.25) is 0 Å². The van der Waals surface area contributed by atoms with E-state index in [0.29, 0.717) is 12.2 Å². The van der Waals surface area contributed by atoms with E-state index in [4.69, 9.17) is 9.57 Å². The number of carbonyl (C=O) groups excluding carboxylic acids is 1. The van der Waals surface area contributed by atoms with Crippen molar-refractivity contribution in [2.75, 3.05) is 19.7 Å². The molecule has 7 nitrogen and oxygen atoms in total. The molecule has 3 heterocycles. The molecule has 0 radical (unpaired) electrons. The number of imidazole rings is 1. The Morgan fingerprint density at radius 2 is 2.24 bits per heavy atom. The van der Waals surface area contributed by atoms with Crippen molar-refractivity contribution >= 4 is 5.91 Å². The Morgan fingerprint density at radius 1 is 1.31 bits per heavy atom. The number of nitrogens with zero attached hydrogens (tertiary/aromatic N) is 3. The summed E-state index contributed by atoms with van der Waals surface area (Å²) in [5.41, 5.74) is 5.76. The van der Waals surface area contributed by atoms with Crippen LogP contribution < -0.4 is 5.48 Å². The van der Waals surface area contributed by atoms with Crippen LogP contribution in [0.1, 0.15) is 53.0 Å². The summed E-state index contributed by atoms with van der Waals surface area (Å²) in [5, 5.41) is 0. The molecule has 1 atom stereocenters. The topological polar surface area (TPSA) is 68.6 Å². The van der Waals surface area contributed by atoms with Crippen LogP contribution in [0.4, 0.5) is 0 Å². The molecule has 1 amide bonds. The van der Waals surface area contributed by atoms with Crippen molar-refractivity contribution in [3.63, 3.8) is 0 Å². The van der Waals surface area contributed by atoms with E-state index in [1.807, 2.05) is 31.5 Å². The number of aromatic nitrogens is 2. The number of ether oxygens (including phenoxy) is 1. The zero-order valence-corrected chi connectivity index (χ0v) is 17.1. The molecule has 0 spiro atoms. The van der Waals surface area contributed by atoms with Gasteiger partial charge in [0.05, 0.1) is 0 Å². The van der Waals surface area contributed by atoms with E-state index >= 15 is 0 Å². The molecule has 2 aliphatic heterocycles.